The van der Waals surface area contributed by atoms with Crippen molar-refractivity contribution in [3.05, 3.63) is 35.7 Å². The van der Waals surface area contributed by atoms with Gasteiger partial charge in [-0.1, -0.05) is 6.92 Å². The molecule has 76 valence electrons. The van der Waals surface area contributed by atoms with Crippen LogP contribution in [0.15, 0.2) is 24.3 Å². The highest BCUT2D eigenvalue weighted by atomic mass is 14.7. The summed E-state index contributed by atoms with van der Waals surface area (Å²) in [7, 11) is 0. The Labute approximate surface area is 88.3 Å². The first-order chi connectivity index (χ1) is 7.26. The van der Waals surface area contributed by atoms with Crippen molar-refractivity contribution in [2.24, 2.45) is 0 Å². The third kappa shape index (κ3) is 1.25. The van der Waals surface area contributed by atoms with Crippen molar-refractivity contribution in [3.63, 3.8) is 0 Å². The Bertz CT molecular complexity index is 577. The molecule has 2 nitrogen and oxygen atoms in total. The van der Waals surface area contributed by atoms with Crippen LogP contribution < -0.4 is 0 Å². The van der Waals surface area contributed by atoms with E-state index >= 15 is 0 Å². The summed E-state index contributed by atoms with van der Waals surface area (Å²) in [5.74, 6) is 0. The zero-order valence-corrected chi connectivity index (χ0v) is 9.02. The number of H-pyrrole nitrogens is 2. The lowest BCUT2D eigenvalue weighted by molar-refractivity contribution is 1.07. The quantitative estimate of drug-likeness (QED) is 0.599. The van der Waals surface area contributed by atoms with Gasteiger partial charge in [0.15, 0.2) is 0 Å². The fourth-order valence-corrected chi connectivity index (χ4v) is 2.16. The molecule has 2 N–H and O–H groups in total. The molecule has 0 aliphatic heterocycles. The number of aromatic nitrogens is 2. The molecule has 0 aliphatic rings. The summed E-state index contributed by atoms with van der Waals surface area (Å²) in [6.07, 6.45) is 1.06. The van der Waals surface area contributed by atoms with Gasteiger partial charge in [-0.05, 0) is 37.6 Å². The van der Waals surface area contributed by atoms with E-state index in [4.69, 9.17) is 0 Å². The van der Waals surface area contributed by atoms with Gasteiger partial charge in [0.05, 0.1) is 0 Å². The highest BCUT2D eigenvalue weighted by Gasteiger charge is 2.03. The minimum absolute atomic E-state index is 1.06. The second-order valence-electron chi connectivity index (χ2n) is 4.13. The highest BCUT2D eigenvalue weighted by Crippen LogP contribution is 2.23. The lowest BCUT2D eigenvalue weighted by Crippen LogP contribution is -1.75. The summed E-state index contributed by atoms with van der Waals surface area (Å²) in [5, 5.41) is 2.57. The van der Waals surface area contributed by atoms with Crippen LogP contribution in [0.2, 0.25) is 0 Å². The van der Waals surface area contributed by atoms with Gasteiger partial charge >= 0.3 is 0 Å². The van der Waals surface area contributed by atoms with Crippen molar-refractivity contribution in [1.29, 1.82) is 0 Å². The molecule has 0 unspecified atom stereocenters. The maximum atomic E-state index is 3.43. The van der Waals surface area contributed by atoms with Crippen LogP contribution >= 0.6 is 0 Å². The smallest absolute Gasteiger partial charge is 0.0463 e. The van der Waals surface area contributed by atoms with Gasteiger partial charge in [0.25, 0.3) is 0 Å². The Morgan fingerprint density at radius 2 is 1.60 bits per heavy atom. The molecule has 0 fully saturated rings. The Kier molecular flexibility index (Phi) is 1.66. The van der Waals surface area contributed by atoms with Crippen LogP contribution in [0, 0.1) is 6.92 Å². The van der Waals surface area contributed by atoms with E-state index in [1.165, 1.54) is 33.2 Å². The van der Waals surface area contributed by atoms with Gasteiger partial charge in [-0.15, -0.1) is 0 Å². The fourth-order valence-electron chi connectivity index (χ4n) is 2.16. The normalized spacial score (nSPS) is 11.6. The van der Waals surface area contributed by atoms with E-state index < -0.39 is 0 Å². The summed E-state index contributed by atoms with van der Waals surface area (Å²) in [6.45, 7) is 4.26. The van der Waals surface area contributed by atoms with E-state index in [9.17, 15) is 0 Å². The van der Waals surface area contributed by atoms with Crippen LogP contribution in [0.3, 0.4) is 0 Å². The van der Waals surface area contributed by atoms with Crippen LogP contribution in [0.4, 0.5) is 0 Å². The molecule has 0 spiro atoms. The van der Waals surface area contributed by atoms with Crippen molar-refractivity contribution in [2.75, 3.05) is 0 Å². The number of hydrogen-bond acceptors (Lipinski definition) is 0. The number of hydrogen-bond donors (Lipinski definition) is 2. The molecule has 2 heterocycles. The van der Waals surface area contributed by atoms with E-state index in [1.807, 2.05) is 0 Å². The summed E-state index contributed by atoms with van der Waals surface area (Å²) in [4.78, 5) is 6.80. The number of aryl methyl sites for hydroxylation is 2. The zero-order valence-electron chi connectivity index (χ0n) is 9.02. The van der Waals surface area contributed by atoms with E-state index in [-0.39, 0.29) is 0 Å². The van der Waals surface area contributed by atoms with Gasteiger partial charge in [-0.3, -0.25) is 0 Å². The number of benzene rings is 1. The summed E-state index contributed by atoms with van der Waals surface area (Å²) in [5.41, 5.74) is 4.97. The second-order valence-corrected chi connectivity index (χ2v) is 4.13. The molecule has 0 saturated carbocycles. The van der Waals surface area contributed by atoms with Crippen LogP contribution in [0.5, 0.6) is 0 Å². The topological polar surface area (TPSA) is 31.6 Å². The number of nitrogens with one attached hydrogen (secondary N) is 2. The largest absolute Gasteiger partial charge is 0.359 e. The molecule has 0 radical (unpaired) electrons. The first-order valence-corrected chi connectivity index (χ1v) is 5.37. The minimum Gasteiger partial charge on any atom is -0.359 e. The maximum Gasteiger partial charge on any atom is 0.0463 e. The van der Waals surface area contributed by atoms with Gasteiger partial charge in [-0.2, -0.15) is 0 Å². The average Bonchev–Trinajstić information content (AvgIpc) is 2.74. The lowest BCUT2D eigenvalue weighted by Gasteiger charge is -1.90. The van der Waals surface area contributed by atoms with Crippen LogP contribution in [-0.2, 0) is 6.42 Å². The van der Waals surface area contributed by atoms with Gasteiger partial charge in [0, 0.05) is 33.2 Å². The van der Waals surface area contributed by atoms with Crippen molar-refractivity contribution >= 4 is 21.8 Å². The molecule has 0 atom stereocenters. The van der Waals surface area contributed by atoms with Crippen LogP contribution in [-0.4, -0.2) is 9.97 Å². The third-order valence-corrected chi connectivity index (χ3v) is 2.93. The van der Waals surface area contributed by atoms with Gasteiger partial charge < -0.3 is 9.97 Å². The molecule has 2 heteroatoms. The van der Waals surface area contributed by atoms with E-state index in [2.05, 4.69) is 48.1 Å². The summed E-state index contributed by atoms with van der Waals surface area (Å²) < 4.78 is 0. The van der Waals surface area contributed by atoms with E-state index in [0.717, 1.165) is 6.42 Å². The Hall–Kier alpha value is -1.70. The third-order valence-electron chi connectivity index (χ3n) is 2.93. The Morgan fingerprint density at radius 1 is 0.933 bits per heavy atom. The standard InChI is InChI=1S/C13H14N2/c1-3-11-5-10-7-12-9(4-8(2)14-12)6-13(10)15-11/h4-7,14-15H,3H2,1-2H3. The van der Waals surface area contributed by atoms with Crippen molar-refractivity contribution in [3.8, 4) is 0 Å². The monoisotopic (exact) mass is 198 g/mol. The summed E-state index contributed by atoms with van der Waals surface area (Å²) >= 11 is 0. The molecule has 0 aliphatic carbocycles. The molecule has 0 saturated heterocycles. The predicted octanol–water partition coefficient (Wildman–Crippen LogP) is 3.52. The summed E-state index contributed by atoms with van der Waals surface area (Å²) in [6, 6.07) is 8.84. The fraction of sp³-hybridized carbons (Fsp3) is 0.231. The molecule has 3 rings (SSSR count). The molecular formula is C13H14N2. The number of rotatable bonds is 1. The highest BCUT2D eigenvalue weighted by molar-refractivity contribution is 5.96. The van der Waals surface area contributed by atoms with Crippen molar-refractivity contribution in [2.45, 2.75) is 20.3 Å². The van der Waals surface area contributed by atoms with Gasteiger partial charge in [0.2, 0.25) is 0 Å². The van der Waals surface area contributed by atoms with Crippen LogP contribution in [0.25, 0.3) is 21.8 Å². The molecular weight excluding hydrogens is 184 g/mol. The van der Waals surface area contributed by atoms with E-state index in [1.54, 1.807) is 0 Å². The number of fused-ring (bicyclic) bond motifs is 2. The first-order valence-electron chi connectivity index (χ1n) is 5.37. The van der Waals surface area contributed by atoms with E-state index in [0.29, 0.717) is 0 Å². The molecule has 0 bridgehead atoms. The zero-order chi connectivity index (χ0) is 10.4. The molecule has 15 heavy (non-hydrogen) atoms. The van der Waals surface area contributed by atoms with Crippen molar-refractivity contribution < 1.29 is 0 Å². The Balaban J connectivity index is 2.37. The number of aromatic amines is 2. The maximum absolute atomic E-state index is 3.43. The molecule has 1 aromatic carbocycles. The lowest BCUT2D eigenvalue weighted by atomic mass is 10.2. The SMILES string of the molecule is CCc1cc2cc3[nH]c(C)cc3cc2[nH]1. The first kappa shape index (κ1) is 8.60. The average molecular weight is 198 g/mol. The van der Waals surface area contributed by atoms with Gasteiger partial charge in [0.1, 0.15) is 0 Å². The van der Waals surface area contributed by atoms with Gasteiger partial charge in [-0.25, -0.2) is 0 Å². The minimum atomic E-state index is 1.06. The molecule has 2 aromatic heterocycles. The molecule has 3 aromatic rings. The molecule has 0 amide bonds. The van der Waals surface area contributed by atoms with Crippen LogP contribution in [0.1, 0.15) is 18.3 Å². The second kappa shape index (κ2) is 2.89. The predicted molar refractivity (Wildman–Crippen MR) is 64.3 cm³/mol. The van der Waals surface area contributed by atoms with Crippen molar-refractivity contribution in [1.82, 2.24) is 9.97 Å². The Morgan fingerprint density at radius 3 is 2.33 bits per heavy atom.